The SMILES string of the molecule is CCc1ccc(N(C(=O)c2snc(C(N)=O)c2N)[C@H](C(=O)NC[C@H]2CCCO2)c2ccco2)cc1. The number of hydrogen-bond donors (Lipinski definition) is 3. The summed E-state index contributed by atoms with van der Waals surface area (Å²) in [6.07, 6.45) is 3.94. The van der Waals surface area contributed by atoms with Crippen LogP contribution in [-0.4, -0.2) is 41.4 Å². The Balaban J connectivity index is 1.76. The first-order chi connectivity index (χ1) is 16.9. The summed E-state index contributed by atoms with van der Waals surface area (Å²) >= 11 is 0.754. The monoisotopic (exact) mass is 497 g/mol. The number of furan rings is 1. The fourth-order valence-electron chi connectivity index (χ4n) is 3.95. The van der Waals surface area contributed by atoms with E-state index in [1.54, 1.807) is 24.3 Å². The van der Waals surface area contributed by atoms with Crippen molar-refractivity contribution in [3.05, 3.63) is 64.6 Å². The first kappa shape index (κ1) is 24.4. The molecule has 184 valence electrons. The number of carbonyl (C=O) groups is 3. The molecule has 0 radical (unpaired) electrons. The number of rotatable bonds is 9. The number of carbonyl (C=O) groups excluding carboxylic acids is 3. The lowest BCUT2D eigenvalue weighted by Crippen LogP contribution is -2.45. The predicted molar refractivity (Wildman–Crippen MR) is 131 cm³/mol. The van der Waals surface area contributed by atoms with Gasteiger partial charge in [0.1, 0.15) is 10.6 Å². The fourth-order valence-corrected chi connectivity index (χ4v) is 4.69. The number of nitrogen functional groups attached to an aromatic ring is 1. The highest BCUT2D eigenvalue weighted by atomic mass is 32.1. The Hall–Kier alpha value is -3.70. The molecule has 11 heteroatoms. The van der Waals surface area contributed by atoms with Gasteiger partial charge in [0, 0.05) is 18.8 Å². The molecule has 0 aliphatic carbocycles. The van der Waals surface area contributed by atoms with E-state index < -0.39 is 23.8 Å². The van der Waals surface area contributed by atoms with Crippen LogP contribution in [0.15, 0.2) is 47.1 Å². The van der Waals surface area contributed by atoms with Gasteiger partial charge < -0.3 is 25.9 Å². The van der Waals surface area contributed by atoms with Gasteiger partial charge in [0.2, 0.25) is 0 Å². The van der Waals surface area contributed by atoms with Crippen LogP contribution < -0.4 is 21.7 Å². The van der Waals surface area contributed by atoms with Gasteiger partial charge in [-0.25, -0.2) is 0 Å². The summed E-state index contributed by atoms with van der Waals surface area (Å²) in [4.78, 5) is 40.4. The summed E-state index contributed by atoms with van der Waals surface area (Å²) in [5.74, 6) is -1.62. The molecule has 35 heavy (non-hydrogen) atoms. The number of nitrogens with two attached hydrogens (primary N) is 2. The van der Waals surface area contributed by atoms with Crippen molar-refractivity contribution in [1.82, 2.24) is 9.69 Å². The van der Waals surface area contributed by atoms with Crippen molar-refractivity contribution in [2.24, 2.45) is 5.73 Å². The Morgan fingerprint density at radius 3 is 2.60 bits per heavy atom. The first-order valence-electron chi connectivity index (χ1n) is 11.3. The number of ether oxygens (including phenoxy) is 1. The maximum absolute atomic E-state index is 13.9. The van der Waals surface area contributed by atoms with Gasteiger partial charge in [-0.1, -0.05) is 19.1 Å². The largest absolute Gasteiger partial charge is 0.467 e. The summed E-state index contributed by atoms with van der Waals surface area (Å²) in [5.41, 5.74) is 12.6. The van der Waals surface area contributed by atoms with Crippen LogP contribution in [-0.2, 0) is 16.0 Å². The summed E-state index contributed by atoms with van der Waals surface area (Å²) in [6, 6.07) is 9.39. The highest BCUT2D eigenvalue weighted by Crippen LogP contribution is 2.33. The zero-order valence-corrected chi connectivity index (χ0v) is 20.0. The Kier molecular flexibility index (Phi) is 7.47. The summed E-state index contributed by atoms with van der Waals surface area (Å²) in [6.45, 7) is 2.98. The minimum absolute atomic E-state index is 0.00171. The molecule has 5 N–H and O–H groups in total. The van der Waals surface area contributed by atoms with E-state index >= 15 is 0 Å². The Bertz CT molecular complexity index is 1190. The lowest BCUT2D eigenvalue weighted by atomic mass is 10.1. The second kappa shape index (κ2) is 10.7. The van der Waals surface area contributed by atoms with E-state index in [1.807, 2.05) is 19.1 Å². The third kappa shape index (κ3) is 5.20. The fraction of sp³-hybridized carbons (Fsp3) is 0.333. The Labute approximate surface area is 206 Å². The minimum atomic E-state index is -1.15. The second-order valence-electron chi connectivity index (χ2n) is 8.13. The first-order valence-corrected chi connectivity index (χ1v) is 12.1. The molecule has 3 amide bonds. The molecule has 1 aliphatic heterocycles. The molecule has 1 saturated heterocycles. The van der Waals surface area contributed by atoms with E-state index in [0.717, 1.165) is 36.4 Å². The van der Waals surface area contributed by atoms with Gasteiger partial charge in [0.25, 0.3) is 17.7 Å². The maximum Gasteiger partial charge on any atom is 0.273 e. The third-order valence-electron chi connectivity index (χ3n) is 5.84. The number of hydrogen-bond acceptors (Lipinski definition) is 8. The second-order valence-corrected chi connectivity index (χ2v) is 8.90. The molecule has 0 unspecified atom stereocenters. The molecule has 10 nitrogen and oxygen atoms in total. The molecule has 3 aromatic rings. The van der Waals surface area contributed by atoms with Gasteiger partial charge in [-0.2, -0.15) is 4.37 Å². The smallest absolute Gasteiger partial charge is 0.273 e. The number of anilines is 2. The lowest BCUT2D eigenvalue weighted by molar-refractivity contribution is -0.123. The van der Waals surface area contributed by atoms with E-state index in [-0.39, 0.29) is 28.1 Å². The van der Waals surface area contributed by atoms with Crippen molar-refractivity contribution in [3.8, 4) is 0 Å². The molecule has 2 atom stereocenters. The normalized spacial score (nSPS) is 16.1. The van der Waals surface area contributed by atoms with Crippen LogP contribution in [0.25, 0.3) is 0 Å². The number of nitrogens with one attached hydrogen (secondary N) is 1. The Morgan fingerprint density at radius 2 is 2.03 bits per heavy atom. The molecule has 0 saturated carbocycles. The Morgan fingerprint density at radius 1 is 1.26 bits per heavy atom. The third-order valence-corrected chi connectivity index (χ3v) is 6.70. The van der Waals surface area contributed by atoms with Crippen LogP contribution >= 0.6 is 11.5 Å². The molecular formula is C24H27N5O5S. The van der Waals surface area contributed by atoms with Crippen LogP contribution in [0.1, 0.15) is 57.3 Å². The van der Waals surface area contributed by atoms with E-state index in [0.29, 0.717) is 18.8 Å². The molecular weight excluding hydrogens is 470 g/mol. The van der Waals surface area contributed by atoms with E-state index in [1.165, 1.54) is 11.2 Å². The highest BCUT2D eigenvalue weighted by Gasteiger charge is 2.38. The number of benzene rings is 1. The number of nitrogens with zero attached hydrogens (tertiary/aromatic N) is 2. The van der Waals surface area contributed by atoms with Crippen LogP contribution in [0.4, 0.5) is 11.4 Å². The maximum atomic E-state index is 13.9. The van der Waals surface area contributed by atoms with Gasteiger partial charge in [0.05, 0.1) is 18.1 Å². The molecule has 1 fully saturated rings. The summed E-state index contributed by atoms with van der Waals surface area (Å²) in [5, 5.41) is 2.89. The molecule has 0 spiro atoms. The molecule has 1 aliphatic rings. The van der Waals surface area contributed by atoms with Gasteiger partial charge in [0.15, 0.2) is 11.7 Å². The zero-order chi connectivity index (χ0) is 24.9. The van der Waals surface area contributed by atoms with E-state index in [4.69, 9.17) is 20.6 Å². The number of primary amides is 1. The highest BCUT2D eigenvalue weighted by molar-refractivity contribution is 7.09. The average Bonchev–Trinajstić information content (AvgIpc) is 3.63. The average molecular weight is 498 g/mol. The minimum Gasteiger partial charge on any atom is -0.467 e. The van der Waals surface area contributed by atoms with Crippen LogP contribution in [0.5, 0.6) is 0 Å². The quantitative estimate of drug-likeness (QED) is 0.411. The molecule has 4 rings (SSSR count). The van der Waals surface area contributed by atoms with Crippen molar-refractivity contribution in [2.45, 2.75) is 38.3 Å². The van der Waals surface area contributed by atoms with Gasteiger partial charge in [-0.3, -0.25) is 19.3 Å². The van der Waals surface area contributed by atoms with E-state index in [9.17, 15) is 14.4 Å². The van der Waals surface area contributed by atoms with Crippen molar-refractivity contribution >= 4 is 40.6 Å². The van der Waals surface area contributed by atoms with Gasteiger partial charge in [-0.15, -0.1) is 0 Å². The zero-order valence-electron chi connectivity index (χ0n) is 19.2. The molecule has 2 aromatic heterocycles. The predicted octanol–water partition coefficient (Wildman–Crippen LogP) is 2.66. The number of amides is 3. The van der Waals surface area contributed by atoms with Crippen molar-refractivity contribution in [2.75, 3.05) is 23.8 Å². The standard InChI is InChI=1S/C24H27N5O5S/c1-2-14-7-9-15(10-8-14)29(24(32)21-18(25)19(22(26)30)28-35-21)20(17-6-4-12-34-17)23(31)27-13-16-5-3-11-33-16/h4,6-10,12,16,20H,2-3,5,11,13,25H2,1H3,(H2,26,30)(H,27,31)/t16-,20+/m1/s1. The van der Waals surface area contributed by atoms with Gasteiger partial charge >= 0.3 is 0 Å². The molecule has 0 bridgehead atoms. The topological polar surface area (TPSA) is 154 Å². The van der Waals surface area contributed by atoms with Gasteiger partial charge in [-0.05, 0) is 60.6 Å². The molecule has 1 aromatic carbocycles. The number of aryl methyl sites for hydroxylation is 1. The lowest BCUT2D eigenvalue weighted by Gasteiger charge is -2.30. The number of aromatic nitrogens is 1. The summed E-state index contributed by atoms with van der Waals surface area (Å²) < 4.78 is 15.2. The molecule has 3 heterocycles. The van der Waals surface area contributed by atoms with Crippen molar-refractivity contribution in [1.29, 1.82) is 0 Å². The van der Waals surface area contributed by atoms with E-state index in [2.05, 4.69) is 9.69 Å². The van der Waals surface area contributed by atoms with Crippen molar-refractivity contribution < 1.29 is 23.5 Å². The van der Waals surface area contributed by atoms with Crippen LogP contribution in [0.2, 0.25) is 0 Å². The van der Waals surface area contributed by atoms with Crippen LogP contribution in [0, 0.1) is 0 Å². The summed E-state index contributed by atoms with van der Waals surface area (Å²) in [7, 11) is 0. The van der Waals surface area contributed by atoms with Crippen LogP contribution in [0.3, 0.4) is 0 Å². The van der Waals surface area contributed by atoms with Crippen molar-refractivity contribution in [3.63, 3.8) is 0 Å².